The van der Waals surface area contributed by atoms with Crippen LogP contribution >= 0.6 is 0 Å². The lowest BCUT2D eigenvalue weighted by molar-refractivity contribution is -0.130. The highest BCUT2D eigenvalue weighted by Gasteiger charge is 2.20. The number of hydrogen-bond donors (Lipinski definition) is 3. The fourth-order valence-electron chi connectivity index (χ4n) is 1.51. The van der Waals surface area contributed by atoms with E-state index in [2.05, 4.69) is 10.3 Å². The largest absolute Gasteiger partial charge is 0.478 e. The zero-order valence-electron chi connectivity index (χ0n) is 11.2. The van der Waals surface area contributed by atoms with Gasteiger partial charge in [-0.2, -0.15) is 0 Å². The molecule has 1 aromatic heterocycles. The number of amides is 1. The standard InChI is InChI=1S/C12H18N4O3/c1-4-16(3)11(17)7(2)15-10-9(12(18)19)5-8(13)6-14-10/h5-7H,4,13H2,1-3H3,(H,14,15)(H,18,19). The van der Waals surface area contributed by atoms with Crippen molar-refractivity contribution in [2.45, 2.75) is 19.9 Å². The molecular formula is C12H18N4O3. The van der Waals surface area contributed by atoms with Crippen LogP contribution in [0.25, 0.3) is 0 Å². The predicted molar refractivity (Wildman–Crippen MR) is 72.0 cm³/mol. The Hall–Kier alpha value is -2.31. The first-order chi connectivity index (χ1) is 8.86. The smallest absolute Gasteiger partial charge is 0.339 e. The molecule has 0 aliphatic carbocycles. The van der Waals surface area contributed by atoms with Gasteiger partial charge in [0.2, 0.25) is 5.91 Å². The summed E-state index contributed by atoms with van der Waals surface area (Å²) in [6, 6.07) is 0.734. The van der Waals surface area contributed by atoms with E-state index in [-0.39, 0.29) is 23.0 Å². The summed E-state index contributed by atoms with van der Waals surface area (Å²) in [6.45, 7) is 4.08. The number of nitrogens with zero attached hydrogens (tertiary/aromatic N) is 2. The Kier molecular flexibility index (Phi) is 4.68. The van der Waals surface area contributed by atoms with Crippen molar-refractivity contribution in [1.29, 1.82) is 0 Å². The minimum absolute atomic E-state index is 0.0567. The minimum atomic E-state index is -1.15. The number of carbonyl (C=O) groups excluding carboxylic acids is 1. The number of rotatable bonds is 5. The Bertz CT molecular complexity index is 490. The van der Waals surface area contributed by atoms with E-state index in [0.717, 1.165) is 0 Å². The van der Waals surface area contributed by atoms with Gasteiger partial charge in [0.1, 0.15) is 17.4 Å². The van der Waals surface area contributed by atoms with Crippen molar-refractivity contribution in [3.05, 3.63) is 17.8 Å². The van der Waals surface area contributed by atoms with Crippen LogP contribution in [-0.4, -0.2) is 46.5 Å². The summed E-state index contributed by atoms with van der Waals surface area (Å²) in [4.78, 5) is 28.4. The van der Waals surface area contributed by atoms with Crippen molar-refractivity contribution in [1.82, 2.24) is 9.88 Å². The van der Waals surface area contributed by atoms with Gasteiger partial charge >= 0.3 is 5.97 Å². The number of hydrogen-bond acceptors (Lipinski definition) is 5. The molecule has 0 radical (unpaired) electrons. The van der Waals surface area contributed by atoms with Gasteiger partial charge in [-0.15, -0.1) is 0 Å². The van der Waals surface area contributed by atoms with E-state index in [9.17, 15) is 9.59 Å². The second kappa shape index (κ2) is 6.03. The quantitative estimate of drug-likeness (QED) is 0.721. The van der Waals surface area contributed by atoms with Gasteiger partial charge in [-0.05, 0) is 19.9 Å². The van der Waals surface area contributed by atoms with Crippen LogP contribution in [-0.2, 0) is 4.79 Å². The number of pyridine rings is 1. The van der Waals surface area contributed by atoms with Crippen LogP contribution in [0.5, 0.6) is 0 Å². The molecular weight excluding hydrogens is 248 g/mol. The number of nitrogens with two attached hydrogens (primary N) is 1. The van der Waals surface area contributed by atoms with Crippen LogP contribution in [0.1, 0.15) is 24.2 Å². The van der Waals surface area contributed by atoms with E-state index in [1.807, 2.05) is 6.92 Å². The molecule has 0 aliphatic heterocycles. The first-order valence-electron chi connectivity index (χ1n) is 5.87. The predicted octanol–water partition coefficient (Wildman–Crippen LogP) is 0.641. The van der Waals surface area contributed by atoms with Crippen LogP contribution in [0.3, 0.4) is 0 Å². The molecule has 4 N–H and O–H groups in total. The number of nitrogens with one attached hydrogen (secondary N) is 1. The van der Waals surface area contributed by atoms with Gasteiger partial charge in [0, 0.05) is 13.6 Å². The van der Waals surface area contributed by atoms with Crippen molar-refractivity contribution < 1.29 is 14.7 Å². The lowest BCUT2D eigenvalue weighted by Crippen LogP contribution is -2.39. The van der Waals surface area contributed by atoms with Gasteiger partial charge in [-0.1, -0.05) is 0 Å². The Labute approximate surface area is 111 Å². The SMILES string of the molecule is CCN(C)C(=O)C(C)Nc1ncc(N)cc1C(=O)O. The van der Waals surface area contributed by atoms with Crippen molar-refractivity contribution in [2.24, 2.45) is 0 Å². The molecule has 1 heterocycles. The summed E-state index contributed by atoms with van der Waals surface area (Å²) < 4.78 is 0. The maximum absolute atomic E-state index is 11.9. The highest BCUT2D eigenvalue weighted by molar-refractivity contribution is 5.95. The highest BCUT2D eigenvalue weighted by atomic mass is 16.4. The number of aromatic carboxylic acids is 1. The minimum Gasteiger partial charge on any atom is -0.478 e. The van der Waals surface area contributed by atoms with Crippen molar-refractivity contribution in [3.8, 4) is 0 Å². The van der Waals surface area contributed by atoms with Gasteiger partial charge in [0.25, 0.3) is 0 Å². The Morgan fingerprint density at radius 1 is 1.58 bits per heavy atom. The fourth-order valence-corrected chi connectivity index (χ4v) is 1.51. The molecule has 0 fully saturated rings. The third-order valence-corrected chi connectivity index (χ3v) is 2.71. The Balaban J connectivity index is 2.93. The summed E-state index contributed by atoms with van der Waals surface area (Å²) in [5.41, 5.74) is 5.70. The number of aromatic nitrogens is 1. The molecule has 7 heteroatoms. The van der Waals surface area contributed by atoms with E-state index in [4.69, 9.17) is 10.8 Å². The second-order valence-electron chi connectivity index (χ2n) is 4.19. The third-order valence-electron chi connectivity index (χ3n) is 2.71. The summed E-state index contributed by atoms with van der Waals surface area (Å²) >= 11 is 0. The molecule has 0 aliphatic rings. The van der Waals surface area contributed by atoms with Crippen LogP contribution < -0.4 is 11.1 Å². The molecule has 0 bridgehead atoms. The van der Waals surface area contributed by atoms with Gasteiger partial charge in [0.15, 0.2) is 0 Å². The normalized spacial score (nSPS) is 11.7. The van der Waals surface area contributed by atoms with E-state index < -0.39 is 12.0 Å². The Morgan fingerprint density at radius 2 is 2.21 bits per heavy atom. The highest BCUT2D eigenvalue weighted by Crippen LogP contribution is 2.16. The average Bonchev–Trinajstić information content (AvgIpc) is 2.38. The van der Waals surface area contributed by atoms with Crippen molar-refractivity contribution in [2.75, 3.05) is 24.6 Å². The number of carboxylic acid groups (broad SMARTS) is 1. The molecule has 1 aromatic rings. The number of nitrogen functional groups attached to an aromatic ring is 1. The molecule has 104 valence electrons. The van der Waals surface area contributed by atoms with Gasteiger partial charge < -0.3 is 21.1 Å². The maximum atomic E-state index is 11.9. The van der Waals surface area contributed by atoms with Crippen LogP contribution in [0.2, 0.25) is 0 Å². The summed E-state index contributed by atoms with van der Waals surface area (Å²) in [6.07, 6.45) is 1.34. The van der Waals surface area contributed by atoms with E-state index in [0.29, 0.717) is 6.54 Å². The monoisotopic (exact) mass is 266 g/mol. The number of carbonyl (C=O) groups is 2. The van der Waals surface area contributed by atoms with Crippen LogP contribution in [0, 0.1) is 0 Å². The lowest BCUT2D eigenvalue weighted by atomic mass is 10.2. The molecule has 0 saturated carbocycles. The summed E-state index contributed by atoms with van der Waals surface area (Å²) in [5, 5.41) is 11.9. The van der Waals surface area contributed by atoms with Gasteiger partial charge in [-0.25, -0.2) is 9.78 Å². The second-order valence-corrected chi connectivity index (χ2v) is 4.19. The third kappa shape index (κ3) is 3.57. The number of carboxylic acids is 1. The van der Waals surface area contributed by atoms with E-state index >= 15 is 0 Å². The molecule has 1 atom stereocenters. The lowest BCUT2D eigenvalue weighted by Gasteiger charge is -2.21. The van der Waals surface area contributed by atoms with E-state index in [1.54, 1.807) is 14.0 Å². The maximum Gasteiger partial charge on any atom is 0.339 e. The van der Waals surface area contributed by atoms with Crippen molar-refractivity contribution >= 4 is 23.4 Å². The summed E-state index contributed by atoms with van der Waals surface area (Å²) in [7, 11) is 1.68. The molecule has 0 spiro atoms. The number of likely N-dealkylation sites (N-methyl/N-ethyl adjacent to an activating group) is 1. The zero-order chi connectivity index (χ0) is 14.6. The Morgan fingerprint density at radius 3 is 2.74 bits per heavy atom. The molecule has 1 rings (SSSR count). The first kappa shape index (κ1) is 14.7. The van der Waals surface area contributed by atoms with Crippen LogP contribution in [0.4, 0.5) is 11.5 Å². The summed E-state index contributed by atoms with van der Waals surface area (Å²) in [5.74, 6) is -1.16. The fraction of sp³-hybridized carbons (Fsp3) is 0.417. The average molecular weight is 266 g/mol. The molecule has 19 heavy (non-hydrogen) atoms. The zero-order valence-corrected chi connectivity index (χ0v) is 11.2. The topological polar surface area (TPSA) is 109 Å². The van der Waals surface area contributed by atoms with Gasteiger partial charge in [-0.3, -0.25) is 4.79 Å². The van der Waals surface area contributed by atoms with E-state index in [1.165, 1.54) is 17.2 Å². The molecule has 1 amide bonds. The molecule has 7 nitrogen and oxygen atoms in total. The number of anilines is 2. The van der Waals surface area contributed by atoms with Gasteiger partial charge in [0.05, 0.1) is 11.9 Å². The van der Waals surface area contributed by atoms with Crippen LogP contribution in [0.15, 0.2) is 12.3 Å². The molecule has 0 saturated heterocycles. The molecule has 1 unspecified atom stereocenters. The first-order valence-corrected chi connectivity index (χ1v) is 5.87. The molecule has 0 aromatic carbocycles. The van der Waals surface area contributed by atoms with Crippen molar-refractivity contribution in [3.63, 3.8) is 0 Å².